The lowest BCUT2D eigenvalue weighted by molar-refractivity contribution is 0.306. The highest BCUT2D eigenvalue weighted by Crippen LogP contribution is 2.34. The molecule has 0 atom stereocenters. The number of benzene rings is 3. The number of nitriles is 1. The van der Waals surface area contributed by atoms with Crippen LogP contribution in [-0.2, 0) is 6.61 Å². The average Bonchev–Trinajstić information content (AvgIpc) is 3.15. The van der Waals surface area contributed by atoms with Crippen LogP contribution in [0.25, 0.3) is 16.3 Å². The minimum atomic E-state index is 0.513. The molecule has 0 aliphatic heterocycles. The number of hydrogen-bond donors (Lipinski definition) is 0. The third-order valence-corrected chi connectivity index (χ3v) is 6.01. The van der Waals surface area contributed by atoms with Gasteiger partial charge in [-0.3, -0.25) is 0 Å². The lowest BCUT2D eigenvalue weighted by Crippen LogP contribution is -1.94. The molecule has 0 spiro atoms. The predicted octanol–water partition coefficient (Wildman–Crippen LogP) is 6.53. The number of nitrogens with zero attached hydrogens (tertiary/aromatic N) is 2. The summed E-state index contributed by atoms with van der Waals surface area (Å²) < 4.78 is 7.87. The summed E-state index contributed by atoms with van der Waals surface area (Å²) in [6.07, 6.45) is 1.87. The third-order valence-electron chi connectivity index (χ3n) is 3.99. The van der Waals surface area contributed by atoms with Crippen LogP contribution in [0.15, 0.2) is 88.1 Å². The molecule has 0 amide bonds. The van der Waals surface area contributed by atoms with Crippen molar-refractivity contribution in [3.8, 4) is 11.8 Å². The first kappa shape index (κ1) is 18.3. The van der Waals surface area contributed by atoms with Gasteiger partial charge in [-0.15, -0.1) is 11.3 Å². The largest absolute Gasteiger partial charge is 0.489 e. The lowest BCUT2D eigenvalue weighted by Gasteiger charge is -2.07. The van der Waals surface area contributed by atoms with Crippen LogP contribution in [0.4, 0.5) is 0 Å². The first-order valence-electron chi connectivity index (χ1n) is 8.72. The van der Waals surface area contributed by atoms with Crippen molar-refractivity contribution in [1.82, 2.24) is 4.98 Å². The molecule has 0 radical (unpaired) electrons. The van der Waals surface area contributed by atoms with E-state index >= 15 is 0 Å². The van der Waals surface area contributed by atoms with Crippen LogP contribution in [0.3, 0.4) is 0 Å². The summed E-state index contributed by atoms with van der Waals surface area (Å²) in [7, 11) is 0. The van der Waals surface area contributed by atoms with Crippen LogP contribution in [0, 0.1) is 11.3 Å². The summed E-state index contributed by atoms with van der Waals surface area (Å²) in [6, 6.07) is 28.1. The molecule has 0 aliphatic rings. The molecule has 0 aliphatic carbocycles. The minimum absolute atomic E-state index is 0.513. The van der Waals surface area contributed by atoms with Gasteiger partial charge in [-0.25, -0.2) is 4.98 Å². The zero-order valence-corrected chi connectivity index (χ0v) is 16.5. The SMILES string of the molecule is N#C/C(=C\c1cccc(OCc2ccccc2)c1)Sc1nc2ccccc2s1. The van der Waals surface area contributed by atoms with E-state index in [0.717, 1.165) is 31.4 Å². The zero-order chi connectivity index (χ0) is 19.2. The Labute approximate surface area is 171 Å². The maximum Gasteiger partial charge on any atom is 0.156 e. The van der Waals surface area contributed by atoms with E-state index in [0.29, 0.717) is 11.5 Å². The van der Waals surface area contributed by atoms with E-state index in [9.17, 15) is 5.26 Å². The summed E-state index contributed by atoms with van der Waals surface area (Å²) >= 11 is 2.99. The molecule has 4 rings (SSSR count). The molecule has 3 aromatic carbocycles. The second-order valence-electron chi connectivity index (χ2n) is 6.02. The molecular formula is C23H16N2OS2. The molecule has 0 bridgehead atoms. The van der Waals surface area contributed by atoms with Crippen molar-refractivity contribution >= 4 is 39.4 Å². The van der Waals surface area contributed by atoms with Crippen LogP contribution < -0.4 is 4.74 Å². The Kier molecular flexibility index (Phi) is 5.72. The molecule has 4 aromatic rings. The maximum atomic E-state index is 9.55. The first-order chi connectivity index (χ1) is 13.8. The van der Waals surface area contributed by atoms with Crippen LogP contribution in [-0.4, -0.2) is 4.98 Å². The van der Waals surface area contributed by atoms with Gasteiger partial charge in [-0.2, -0.15) is 5.26 Å². The van der Waals surface area contributed by atoms with Gasteiger partial charge in [0, 0.05) is 0 Å². The van der Waals surface area contributed by atoms with Gasteiger partial charge in [0.25, 0.3) is 0 Å². The Hall–Kier alpha value is -3.07. The summed E-state index contributed by atoms with van der Waals surface area (Å²) in [6.45, 7) is 0.513. The van der Waals surface area contributed by atoms with Gasteiger partial charge >= 0.3 is 0 Å². The molecular weight excluding hydrogens is 384 g/mol. The molecule has 136 valence electrons. The standard InChI is InChI=1S/C23H16N2OS2/c24-15-20(27-23-25-21-11-4-5-12-22(21)28-23)14-18-9-6-10-19(13-18)26-16-17-7-2-1-3-8-17/h1-14H,16H2/b20-14+. The first-order valence-corrected chi connectivity index (χ1v) is 10.4. The molecule has 1 heterocycles. The Balaban J connectivity index is 1.49. The molecule has 5 heteroatoms. The van der Waals surface area contributed by atoms with E-state index in [1.165, 1.54) is 11.8 Å². The van der Waals surface area contributed by atoms with Crippen molar-refractivity contribution in [3.05, 3.63) is 94.9 Å². The highest BCUT2D eigenvalue weighted by Gasteiger charge is 2.07. The fourth-order valence-corrected chi connectivity index (χ4v) is 4.63. The maximum absolute atomic E-state index is 9.55. The van der Waals surface area contributed by atoms with Crippen LogP contribution in [0.5, 0.6) is 5.75 Å². The number of allylic oxidation sites excluding steroid dienone is 1. The molecule has 1 aromatic heterocycles. The fourth-order valence-electron chi connectivity index (χ4n) is 2.66. The van der Waals surface area contributed by atoms with E-state index in [4.69, 9.17) is 4.74 Å². The van der Waals surface area contributed by atoms with Crippen molar-refractivity contribution in [3.63, 3.8) is 0 Å². The van der Waals surface area contributed by atoms with Gasteiger partial charge in [-0.05, 0) is 53.2 Å². The molecule has 0 unspecified atom stereocenters. The molecule has 0 N–H and O–H groups in total. The van der Waals surface area contributed by atoms with Gasteiger partial charge in [0.15, 0.2) is 4.34 Å². The van der Waals surface area contributed by atoms with Crippen molar-refractivity contribution < 1.29 is 4.74 Å². The number of aromatic nitrogens is 1. The summed E-state index contributed by atoms with van der Waals surface area (Å²) in [4.78, 5) is 5.18. The minimum Gasteiger partial charge on any atom is -0.489 e. The van der Waals surface area contributed by atoms with Crippen molar-refractivity contribution in [2.24, 2.45) is 0 Å². The number of ether oxygens (including phenoxy) is 1. The zero-order valence-electron chi connectivity index (χ0n) is 14.9. The van der Waals surface area contributed by atoms with E-state index in [1.807, 2.05) is 84.9 Å². The van der Waals surface area contributed by atoms with Crippen LogP contribution >= 0.6 is 23.1 Å². The lowest BCUT2D eigenvalue weighted by atomic mass is 10.2. The number of thiazole rings is 1. The highest BCUT2D eigenvalue weighted by atomic mass is 32.2. The summed E-state index contributed by atoms with van der Waals surface area (Å²) in [5.41, 5.74) is 3.01. The molecule has 0 saturated heterocycles. The van der Waals surface area contributed by atoms with Gasteiger partial charge in [0.05, 0.1) is 15.1 Å². The van der Waals surface area contributed by atoms with Crippen molar-refractivity contribution in [1.29, 1.82) is 5.26 Å². The number of rotatable bonds is 6. The topological polar surface area (TPSA) is 45.9 Å². The Morgan fingerprint density at radius 2 is 1.86 bits per heavy atom. The number of fused-ring (bicyclic) bond motifs is 1. The number of para-hydroxylation sites is 1. The third kappa shape index (κ3) is 4.61. The van der Waals surface area contributed by atoms with Gasteiger partial charge in [0.1, 0.15) is 18.4 Å². The van der Waals surface area contributed by atoms with E-state index in [-0.39, 0.29) is 0 Å². The smallest absolute Gasteiger partial charge is 0.156 e. The highest BCUT2D eigenvalue weighted by molar-refractivity contribution is 8.05. The Bertz CT molecular complexity index is 1130. The molecule has 3 nitrogen and oxygen atoms in total. The Morgan fingerprint density at radius 1 is 1.04 bits per heavy atom. The van der Waals surface area contributed by atoms with Gasteiger partial charge < -0.3 is 4.74 Å². The number of thioether (sulfide) groups is 1. The van der Waals surface area contributed by atoms with Crippen molar-refractivity contribution in [2.45, 2.75) is 10.9 Å². The molecule has 28 heavy (non-hydrogen) atoms. The van der Waals surface area contributed by atoms with Crippen molar-refractivity contribution in [2.75, 3.05) is 0 Å². The second kappa shape index (κ2) is 8.75. The van der Waals surface area contributed by atoms with Gasteiger partial charge in [-0.1, -0.05) is 54.6 Å². The van der Waals surface area contributed by atoms with Crippen LogP contribution in [0.2, 0.25) is 0 Å². The summed E-state index contributed by atoms with van der Waals surface area (Å²) in [5.74, 6) is 0.778. The van der Waals surface area contributed by atoms with Crippen LogP contribution in [0.1, 0.15) is 11.1 Å². The predicted molar refractivity (Wildman–Crippen MR) is 116 cm³/mol. The average molecular weight is 401 g/mol. The number of hydrogen-bond acceptors (Lipinski definition) is 5. The van der Waals surface area contributed by atoms with E-state index in [1.54, 1.807) is 11.3 Å². The van der Waals surface area contributed by atoms with E-state index in [2.05, 4.69) is 11.1 Å². The monoisotopic (exact) mass is 400 g/mol. The summed E-state index contributed by atoms with van der Waals surface area (Å²) in [5, 5.41) is 9.55. The quantitative estimate of drug-likeness (QED) is 0.273. The molecule has 0 saturated carbocycles. The van der Waals surface area contributed by atoms with E-state index < -0.39 is 0 Å². The normalized spacial score (nSPS) is 11.3. The second-order valence-corrected chi connectivity index (χ2v) is 8.34. The van der Waals surface area contributed by atoms with Gasteiger partial charge in [0.2, 0.25) is 0 Å². The fraction of sp³-hybridized carbons (Fsp3) is 0.0435. The molecule has 0 fully saturated rings. The Morgan fingerprint density at radius 3 is 2.68 bits per heavy atom.